The first-order valence-corrected chi connectivity index (χ1v) is 7.52. The Labute approximate surface area is 136 Å². The summed E-state index contributed by atoms with van der Waals surface area (Å²) in [5.74, 6) is 0.0977. The van der Waals surface area contributed by atoms with Crippen molar-refractivity contribution < 1.29 is 23.9 Å². The quantitative estimate of drug-likeness (QED) is 0.428. The number of ketones is 1. The molecule has 6 heteroatoms. The molecule has 0 aromatic heterocycles. The third-order valence-corrected chi connectivity index (χ3v) is 3.17. The van der Waals surface area contributed by atoms with Crippen LogP contribution in [0.1, 0.15) is 43.5 Å². The molecule has 1 aromatic rings. The van der Waals surface area contributed by atoms with Gasteiger partial charge in [-0.1, -0.05) is 12.1 Å². The third-order valence-electron chi connectivity index (χ3n) is 3.17. The summed E-state index contributed by atoms with van der Waals surface area (Å²) in [4.78, 5) is 34.1. The molecule has 0 bridgehead atoms. The zero-order chi connectivity index (χ0) is 17.2. The van der Waals surface area contributed by atoms with Crippen LogP contribution in [-0.2, 0) is 14.3 Å². The second kappa shape index (κ2) is 9.61. The lowest BCUT2D eigenvalue weighted by Gasteiger charge is -2.12. The van der Waals surface area contributed by atoms with Crippen LogP contribution in [0.5, 0.6) is 5.75 Å². The van der Waals surface area contributed by atoms with Crippen molar-refractivity contribution in [3.05, 3.63) is 29.8 Å². The topological polar surface area (TPSA) is 81.7 Å². The molecular weight excluding hydrogens is 298 g/mol. The molecule has 0 aliphatic heterocycles. The van der Waals surface area contributed by atoms with Crippen molar-refractivity contribution in [3.8, 4) is 5.75 Å². The van der Waals surface area contributed by atoms with Crippen LogP contribution in [0.3, 0.4) is 0 Å². The molecule has 23 heavy (non-hydrogen) atoms. The lowest BCUT2D eigenvalue weighted by molar-refractivity contribution is -0.141. The van der Waals surface area contributed by atoms with Gasteiger partial charge in [-0.05, 0) is 32.4 Å². The number of esters is 1. The van der Waals surface area contributed by atoms with Crippen LogP contribution in [0.4, 0.5) is 0 Å². The van der Waals surface area contributed by atoms with Gasteiger partial charge < -0.3 is 14.8 Å². The summed E-state index contributed by atoms with van der Waals surface area (Å²) in [6.07, 6.45) is 0.996. The maximum Gasteiger partial charge on any atom is 0.307 e. The maximum absolute atomic E-state index is 11.7. The van der Waals surface area contributed by atoms with Gasteiger partial charge in [-0.15, -0.1) is 0 Å². The lowest BCUT2D eigenvalue weighted by atomic mass is 10.1. The molecule has 0 aliphatic rings. The van der Waals surface area contributed by atoms with Gasteiger partial charge in [0.2, 0.25) is 5.91 Å². The highest BCUT2D eigenvalue weighted by atomic mass is 16.5. The minimum Gasteiger partial charge on any atom is -0.494 e. The Hall–Kier alpha value is -2.37. The summed E-state index contributed by atoms with van der Waals surface area (Å²) in [5, 5.41) is 2.73. The van der Waals surface area contributed by atoms with E-state index in [9.17, 15) is 14.4 Å². The van der Waals surface area contributed by atoms with Gasteiger partial charge in [0.15, 0.2) is 5.78 Å². The molecule has 126 valence electrons. The largest absolute Gasteiger partial charge is 0.494 e. The zero-order valence-corrected chi connectivity index (χ0v) is 13.8. The number of benzene rings is 1. The number of hydrogen-bond acceptors (Lipinski definition) is 5. The second-order valence-electron chi connectivity index (χ2n) is 5.28. The normalized spacial score (nSPS) is 11.4. The molecule has 0 saturated carbocycles. The standard InChI is InChI=1S/C17H23NO5/c1-12(10-17(21)22-3)18-16(20)8-5-9-23-15-7-4-6-14(11-15)13(2)19/h4,6-7,11-12H,5,8-10H2,1-3H3,(H,18,20)/t12-/m0/s1. The number of hydrogen-bond donors (Lipinski definition) is 1. The number of amides is 1. The smallest absolute Gasteiger partial charge is 0.307 e. The fraction of sp³-hybridized carbons (Fsp3) is 0.471. The lowest BCUT2D eigenvalue weighted by Crippen LogP contribution is -2.34. The van der Waals surface area contributed by atoms with Crippen LogP contribution in [0.15, 0.2) is 24.3 Å². The maximum atomic E-state index is 11.7. The van der Waals surface area contributed by atoms with Gasteiger partial charge in [-0.3, -0.25) is 14.4 Å². The molecule has 1 N–H and O–H groups in total. The molecule has 0 fully saturated rings. The van der Waals surface area contributed by atoms with Crippen molar-refractivity contribution in [1.29, 1.82) is 0 Å². The molecule has 0 aliphatic carbocycles. The fourth-order valence-electron chi connectivity index (χ4n) is 1.96. The van der Waals surface area contributed by atoms with E-state index >= 15 is 0 Å². The Morgan fingerprint density at radius 1 is 1.26 bits per heavy atom. The molecule has 1 amide bonds. The van der Waals surface area contributed by atoms with Crippen molar-refractivity contribution in [2.45, 2.75) is 39.2 Å². The Morgan fingerprint density at radius 2 is 2.00 bits per heavy atom. The predicted molar refractivity (Wildman–Crippen MR) is 85.4 cm³/mol. The van der Waals surface area contributed by atoms with Crippen LogP contribution in [-0.4, -0.2) is 37.4 Å². The van der Waals surface area contributed by atoms with Crippen LogP contribution in [0.25, 0.3) is 0 Å². The van der Waals surface area contributed by atoms with Gasteiger partial charge in [0.1, 0.15) is 5.75 Å². The van der Waals surface area contributed by atoms with Gasteiger partial charge in [0.25, 0.3) is 0 Å². The van der Waals surface area contributed by atoms with Crippen LogP contribution in [0.2, 0.25) is 0 Å². The van der Waals surface area contributed by atoms with E-state index in [2.05, 4.69) is 10.1 Å². The number of methoxy groups -OCH3 is 1. The minimum absolute atomic E-state index is 0.0191. The first kappa shape index (κ1) is 18.7. The summed E-state index contributed by atoms with van der Waals surface area (Å²) < 4.78 is 10.1. The molecule has 6 nitrogen and oxygen atoms in total. The van der Waals surface area contributed by atoms with Crippen molar-refractivity contribution >= 4 is 17.7 Å². The van der Waals surface area contributed by atoms with E-state index in [1.165, 1.54) is 14.0 Å². The van der Waals surface area contributed by atoms with E-state index in [0.29, 0.717) is 30.8 Å². The molecule has 0 unspecified atom stereocenters. The van der Waals surface area contributed by atoms with Gasteiger partial charge in [0.05, 0.1) is 20.1 Å². The van der Waals surface area contributed by atoms with E-state index in [0.717, 1.165) is 0 Å². The number of carbonyl (C=O) groups is 3. The van der Waals surface area contributed by atoms with Crippen molar-refractivity contribution in [3.63, 3.8) is 0 Å². The summed E-state index contributed by atoms with van der Waals surface area (Å²) in [7, 11) is 1.31. The predicted octanol–water partition coefficient (Wildman–Crippen LogP) is 2.12. The average Bonchev–Trinajstić information content (AvgIpc) is 2.51. The summed E-state index contributed by atoms with van der Waals surface area (Å²) >= 11 is 0. The van der Waals surface area contributed by atoms with Crippen molar-refractivity contribution in [2.75, 3.05) is 13.7 Å². The summed E-state index contributed by atoms with van der Waals surface area (Å²) in [6.45, 7) is 3.62. The number of nitrogens with one attached hydrogen (secondary N) is 1. The van der Waals surface area contributed by atoms with Gasteiger partial charge >= 0.3 is 5.97 Å². The second-order valence-corrected chi connectivity index (χ2v) is 5.28. The van der Waals surface area contributed by atoms with Crippen molar-refractivity contribution in [1.82, 2.24) is 5.32 Å². The highest BCUT2D eigenvalue weighted by Crippen LogP contribution is 2.14. The van der Waals surface area contributed by atoms with Gasteiger partial charge in [-0.25, -0.2) is 0 Å². The Bertz CT molecular complexity index is 556. The molecule has 0 heterocycles. The minimum atomic E-state index is -0.355. The SMILES string of the molecule is COC(=O)C[C@H](C)NC(=O)CCCOc1cccc(C(C)=O)c1. The molecule has 0 saturated heterocycles. The number of Topliss-reactive ketones (excluding diaryl/α,β-unsaturated/α-hetero) is 1. The average molecular weight is 321 g/mol. The highest BCUT2D eigenvalue weighted by Gasteiger charge is 2.11. The van der Waals surface area contributed by atoms with E-state index in [-0.39, 0.29) is 30.1 Å². The zero-order valence-electron chi connectivity index (χ0n) is 13.8. The number of carbonyl (C=O) groups excluding carboxylic acids is 3. The molecule has 1 rings (SSSR count). The first-order chi connectivity index (χ1) is 10.9. The highest BCUT2D eigenvalue weighted by molar-refractivity contribution is 5.94. The summed E-state index contributed by atoms with van der Waals surface area (Å²) in [5.41, 5.74) is 0.594. The van der Waals surface area contributed by atoms with E-state index < -0.39 is 0 Å². The van der Waals surface area contributed by atoms with Crippen molar-refractivity contribution in [2.24, 2.45) is 0 Å². The molecule has 0 radical (unpaired) electrons. The molecule has 0 spiro atoms. The van der Waals surface area contributed by atoms with E-state index in [1.807, 2.05) is 0 Å². The fourth-order valence-corrected chi connectivity index (χ4v) is 1.96. The Morgan fingerprint density at radius 3 is 2.65 bits per heavy atom. The Kier molecular flexibility index (Phi) is 7.80. The van der Waals surface area contributed by atoms with E-state index in [4.69, 9.17) is 4.74 Å². The molecular formula is C17H23NO5. The van der Waals surface area contributed by atoms with Crippen LogP contribution >= 0.6 is 0 Å². The van der Waals surface area contributed by atoms with Crippen LogP contribution in [0, 0.1) is 0 Å². The monoisotopic (exact) mass is 321 g/mol. The third kappa shape index (κ3) is 7.44. The van der Waals surface area contributed by atoms with E-state index in [1.54, 1.807) is 31.2 Å². The molecule has 1 atom stereocenters. The Balaban J connectivity index is 2.26. The van der Waals surface area contributed by atoms with Gasteiger partial charge in [0, 0.05) is 18.0 Å². The molecule has 1 aromatic carbocycles. The first-order valence-electron chi connectivity index (χ1n) is 7.52. The number of ether oxygens (including phenoxy) is 2. The van der Waals surface area contributed by atoms with Gasteiger partial charge in [-0.2, -0.15) is 0 Å². The summed E-state index contributed by atoms with van der Waals surface area (Å²) in [6, 6.07) is 6.67. The van der Waals surface area contributed by atoms with Crippen LogP contribution < -0.4 is 10.1 Å². The number of rotatable bonds is 9.